The SMILES string of the molecule is COc1ccc(CNC(=O)C2CC(=O)N(c3cc(F)cc(F)c3)C2)cc1OC. The maximum absolute atomic E-state index is 13.4. The first-order chi connectivity index (χ1) is 13.4. The zero-order chi connectivity index (χ0) is 20.3. The molecule has 1 atom stereocenters. The molecule has 0 aliphatic carbocycles. The molecule has 1 aliphatic heterocycles. The topological polar surface area (TPSA) is 67.9 Å². The second kappa shape index (κ2) is 8.24. The Balaban J connectivity index is 1.63. The van der Waals surface area contributed by atoms with E-state index in [1.54, 1.807) is 18.2 Å². The zero-order valence-corrected chi connectivity index (χ0v) is 15.5. The number of hydrogen-bond donors (Lipinski definition) is 1. The molecule has 8 heteroatoms. The third-order valence-electron chi connectivity index (χ3n) is 4.57. The number of amides is 2. The van der Waals surface area contributed by atoms with Crippen LogP contribution in [0.2, 0.25) is 0 Å². The van der Waals surface area contributed by atoms with Crippen molar-refractivity contribution in [1.29, 1.82) is 0 Å². The van der Waals surface area contributed by atoms with E-state index in [1.807, 2.05) is 0 Å². The van der Waals surface area contributed by atoms with Gasteiger partial charge in [-0.1, -0.05) is 6.07 Å². The minimum absolute atomic E-state index is 0.0180. The van der Waals surface area contributed by atoms with Crippen molar-refractivity contribution in [3.05, 3.63) is 53.6 Å². The van der Waals surface area contributed by atoms with Crippen molar-refractivity contribution < 1.29 is 27.8 Å². The number of rotatable bonds is 6. The van der Waals surface area contributed by atoms with Crippen LogP contribution >= 0.6 is 0 Å². The van der Waals surface area contributed by atoms with Crippen LogP contribution in [0.5, 0.6) is 11.5 Å². The van der Waals surface area contributed by atoms with Crippen molar-refractivity contribution in [3.8, 4) is 11.5 Å². The molecule has 2 aromatic carbocycles. The predicted molar refractivity (Wildman–Crippen MR) is 98.2 cm³/mol. The van der Waals surface area contributed by atoms with Crippen LogP contribution in [0.4, 0.5) is 14.5 Å². The summed E-state index contributed by atoms with van der Waals surface area (Å²) in [5.41, 5.74) is 0.914. The van der Waals surface area contributed by atoms with Gasteiger partial charge in [0.1, 0.15) is 11.6 Å². The molecule has 3 rings (SSSR count). The van der Waals surface area contributed by atoms with Crippen molar-refractivity contribution in [1.82, 2.24) is 5.32 Å². The summed E-state index contributed by atoms with van der Waals surface area (Å²) in [4.78, 5) is 25.9. The highest BCUT2D eigenvalue weighted by Gasteiger charge is 2.35. The minimum atomic E-state index is -0.774. The summed E-state index contributed by atoms with van der Waals surface area (Å²) in [6.45, 7) is 0.317. The predicted octanol–water partition coefficient (Wildman–Crippen LogP) is 2.65. The van der Waals surface area contributed by atoms with Gasteiger partial charge in [-0.2, -0.15) is 0 Å². The summed E-state index contributed by atoms with van der Waals surface area (Å²) >= 11 is 0. The Morgan fingerprint density at radius 2 is 1.79 bits per heavy atom. The molecule has 0 saturated carbocycles. The monoisotopic (exact) mass is 390 g/mol. The summed E-state index contributed by atoms with van der Waals surface area (Å²) in [5, 5.41) is 2.78. The Hall–Kier alpha value is -3.16. The average molecular weight is 390 g/mol. The molecule has 1 aliphatic rings. The van der Waals surface area contributed by atoms with E-state index in [0.717, 1.165) is 23.8 Å². The Bertz CT molecular complexity index is 884. The van der Waals surface area contributed by atoms with Crippen LogP contribution in [0.3, 0.4) is 0 Å². The summed E-state index contributed by atoms with van der Waals surface area (Å²) in [6.07, 6.45) is -0.0180. The lowest BCUT2D eigenvalue weighted by Crippen LogP contribution is -2.32. The number of methoxy groups -OCH3 is 2. The van der Waals surface area contributed by atoms with E-state index in [-0.39, 0.29) is 37.0 Å². The lowest BCUT2D eigenvalue weighted by molar-refractivity contribution is -0.126. The third kappa shape index (κ3) is 4.21. The fourth-order valence-electron chi connectivity index (χ4n) is 3.15. The van der Waals surface area contributed by atoms with E-state index in [2.05, 4.69) is 5.32 Å². The largest absolute Gasteiger partial charge is 0.493 e. The second-order valence-corrected chi connectivity index (χ2v) is 6.44. The van der Waals surface area contributed by atoms with Crippen molar-refractivity contribution in [2.45, 2.75) is 13.0 Å². The van der Waals surface area contributed by atoms with Gasteiger partial charge in [-0.05, 0) is 29.8 Å². The number of anilines is 1. The minimum Gasteiger partial charge on any atom is -0.493 e. The zero-order valence-electron chi connectivity index (χ0n) is 15.5. The van der Waals surface area contributed by atoms with Crippen LogP contribution in [0.1, 0.15) is 12.0 Å². The fourth-order valence-corrected chi connectivity index (χ4v) is 3.15. The molecule has 28 heavy (non-hydrogen) atoms. The normalized spacial score (nSPS) is 16.2. The van der Waals surface area contributed by atoms with Gasteiger partial charge in [0, 0.05) is 31.3 Å². The highest BCUT2D eigenvalue weighted by Crippen LogP contribution is 2.28. The van der Waals surface area contributed by atoms with Gasteiger partial charge in [-0.3, -0.25) is 9.59 Å². The summed E-state index contributed by atoms with van der Waals surface area (Å²) < 4.78 is 37.2. The number of hydrogen-bond acceptors (Lipinski definition) is 4. The quantitative estimate of drug-likeness (QED) is 0.824. The van der Waals surface area contributed by atoms with E-state index in [4.69, 9.17) is 9.47 Å². The van der Waals surface area contributed by atoms with Crippen LogP contribution in [-0.4, -0.2) is 32.6 Å². The molecule has 2 amide bonds. The molecule has 1 N–H and O–H groups in total. The number of nitrogens with zero attached hydrogens (tertiary/aromatic N) is 1. The first-order valence-corrected chi connectivity index (χ1v) is 8.66. The van der Waals surface area contributed by atoms with Crippen molar-refractivity contribution in [3.63, 3.8) is 0 Å². The Kier molecular flexibility index (Phi) is 5.77. The number of ether oxygens (including phenoxy) is 2. The molecule has 1 saturated heterocycles. The first kappa shape index (κ1) is 19.6. The van der Waals surface area contributed by atoms with E-state index < -0.39 is 17.6 Å². The molecule has 0 bridgehead atoms. The van der Waals surface area contributed by atoms with Gasteiger partial charge in [-0.15, -0.1) is 0 Å². The van der Waals surface area contributed by atoms with Crippen LogP contribution < -0.4 is 19.7 Å². The summed E-state index contributed by atoms with van der Waals surface area (Å²) in [6, 6.07) is 8.16. The molecular formula is C20H20F2N2O4. The summed E-state index contributed by atoms with van der Waals surface area (Å²) in [5.74, 6) is -1.67. The van der Waals surface area contributed by atoms with Gasteiger partial charge in [0.15, 0.2) is 11.5 Å². The van der Waals surface area contributed by atoms with E-state index in [9.17, 15) is 18.4 Å². The van der Waals surface area contributed by atoms with Crippen LogP contribution in [0, 0.1) is 17.6 Å². The molecular weight excluding hydrogens is 370 g/mol. The maximum Gasteiger partial charge on any atom is 0.227 e. The van der Waals surface area contributed by atoms with Gasteiger partial charge in [0.2, 0.25) is 11.8 Å². The first-order valence-electron chi connectivity index (χ1n) is 8.66. The molecule has 0 radical (unpaired) electrons. The Labute approximate surface area is 161 Å². The lowest BCUT2D eigenvalue weighted by Gasteiger charge is -2.17. The van der Waals surface area contributed by atoms with Gasteiger partial charge in [-0.25, -0.2) is 8.78 Å². The van der Waals surface area contributed by atoms with Crippen LogP contribution in [0.25, 0.3) is 0 Å². The Morgan fingerprint density at radius 3 is 2.43 bits per heavy atom. The smallest absolute Gasteiger partial charge is 0.227 e. The number of carbonyl (C=O) groups excluding carboxylic acids is 2. The third-order valence-corrected chi connectivity index (χ3v) is 4.57. The molecule has 148 valence electrons. The number of nitrogens with one attached hydrogen (secondary N) is 1. The van der Waals surface area contributed by atoms with Crippen molar-refractivity contribution in [2.75, 3.05) is 25.7 Å². The maximum atomic E-state index is 13.4. The van der Waals surface area contributed by atoms with Crippen LogP contribution in [-0.2, 0) is 16.1 Å². The van der Waals surface area contributed by atoms with Gasteiger partial charge < -0.3 is 19.7 Å². The van der Waals surface area contributed by atoms with Gasteiger partial charge >= 0.3 is 0 Å². The van der Waals surface area contributed by atoms with Gasteiger partial charge in [0.25, 0.3) is 0 Å². The highest BCUT2D eigenvalue weighted by molar-refractivity contribution is 6.00. The molecule has 1 heterocycles. The van der Waals surface area contributed by atoms with E-state index in [1.165, 1.54) is 19.1 Å². The standard InChI is InChI=1S/C20H20F2N2O4/c1-27-17-4-3-12(5-18(17)28-2)10-23-20(26)13-6-19(25)24(11-13)16-8-14(21)7-15(22)9-16/h3-5,7-9,13H,6,10-11H2,1-2H3,(H,23,26). The van der Waals surface area contributed by atoms with E-state index in [0.29, 0.717) is 11.5 Å². The van der Waals surface area contributed by atoms with Crippen molar-refractivity contribution >= 4 is 17.5 Å². The summed E-state index contributed by atoms with van der Waals surface area (Å²) in [7, 11) is 3.06. The molecule has 2 aromatic rings. The number of benzene rings is 2. The molecule has 0 aromatic heterocycles. The molecule has 1 unspecified atom stereocenters. The van der Waals surface area contributed by atoms with Crippen molar-refractivity contribution in [2.24, 2.45) is 5.92 Å². The fraction of sp³-hybridized carbons (Fsp3) is 0.300. The number of halogens is 2. The molecule has 0 spiro atoms. The molecule has 6 nitrogen and oxygen atoms in total. The second-order valence-electron chi connectivity index (χ2n) is 6.44. The lowest BCUT2D eigenvalue weighted by atomic mass is 10.1. The molecule has 1 fully saturated rings. The van der Waals surface area contributed by atoms with Gasteiger partial charge in [0.05, 0.1) is 20.1 Å². The Morgan fingerprint density at radius 1 is 1.11 bits per heavy atom. The van der Waals surface area contributed by atoms with E-state index >= 15 is 0 Å². The highest BCUT2D eigenvalue weighted by atomic mass is 19.1. The van der Waals surface area contributed by atoms with Crippen LogP contribution in [0.15, 0.2) is 36.4 Å². The average Bonchev–Trinajstić information content (AvgIpc) is 3.07. The number of carbonyl (C=O) groups is 2.